The van der Waals surface area contributed by atoms with E-state index in [0.717, 1.165) is 17.9 Å². The molecule has 1 N–H and O–H groups in total. The molecule has 134 valence electrons. The van der Waals surface area contributed by atoms with E-state index in [1.807, 2.05) is 0 Å². The monoisotopic (exact) mass is 398 g/mol. The second-order valence-corrected chi connectivity index (χ2v) is 7.82. The fraction of sp³-hybridized carbons (Fsp3) is 0.167. The number of carbonyl (C=O) groups is 1. The Morgan fingerprint density at radius 2 is 2.15 bits per heavy atom. The highest BCUT2D eigenvalue weighted by Gasteiger charge is 2.40. The number of nitrogens with zero attached hydrogens (tertiary/aromatic N) is 3. The van der Waals surface area contributed by atoms with Gasteiger partial charge in [-0.3, -0.25) is 15.0 Å². The van der Waals surface area contributed by atoms with Crippen molar-refractivity contribution in [2.24, 2.45) is 16.0 Å². The van der Waals surface area contributed by atoms with Crippen LogP contribution < -0.4 is 5.43 Å². The average Bonchev–Trinajstić information content (AvgIpc) is 3.41. The predicted octanol–water partition coefficient (Wildman–Crippen LogP) is 3.48. The minimum Gasteiger partial charge on any atom is -0.463 e. The minimum atomic E-state index is -0.573. The van der Waals surface area contributed by atoms with Crippen molar-refractivity contribution in [3.8, 4) is 0 Å². The number of benzene rings is 1. The number of hydrogen-bond donors (Lipinski definition) is 1. The molecule has 3 heterocycles. The molecule has 0 unspecified atom stereocenters. The Balaban J connectivity index is 1.58. The highest BCUT2D eigenvalue weighted by molar-refractivity contribution is 8.27. The molecule has 27 heavy (non-hydrogen) atoms. The third-order valence-corrected chi connectivity index (χ3v) is 5.76. The van der Waals surface area contributed by atoms with Crippen molar-refractivity contribution >= 4 is 62.4 Å². The molecule has 0 atom stereocenters. The first-order chi connectivity index (χ1) is 13.0. The molecule has 7 nitrogen and oxygen atoms in total. The summed E-state index contributed by atoms with van der Waals surface area (Å²) >= 11 is 7.29. The fourth-order valence-corrected chi connectivity index (χ4v) is 4.11. The van der Waals surface area contributed by atoms with Gasteiger partial charge in [0.1, 0.15) is 16.9 Å². The lowest BCUT2D eigenvalue weighted by molar-refractivity contribution is -0.114. The van der Waals surface area contributed by atoms with Gasteiger partial charge in [-0.2, -0.15) is 15.1 Å². The molecule has 1 saturated carbocycles. The summed E-state index contributed by atoms with van der Waals surface area (Å²) in [5.74, 6) is -0.272. The van der Waals surface area contributed by atoms with E-state index in [-0.39, 0.29) is 22.4 Å². The number of hydrazone groups is 1. The van der Waals surface area contributed by atoms with Gasteiger partial charge < -0.3 is 4.42 Å². The Morgan fingerprint density at radius 3 is 2.93 bits per heavy atom. The van der Waals surface area contributed by atoms with Crippen LogP contribution in [0.1, 0.15) is 18.4 Å². The molecule has 0 bridgehead atoms. The Labute approximate surface area is 161 Å². The Kier molecular flexibility index (Phi) is 3.60. The SMILES string of the molecule is N=C1C(=Cc2coc3ccc(Cl)cc3c2=O)C(=O)N=C2SC(C3CC3)=NN12. The van der Waals surface area contributed by atoms with Crippen molar-refractivity contribution in [2.45, 2.75) is 12.8 Å². The van der Waals surface area contributed by atoms with Crippen LogP contribution in [0.4, 0.5) is 0 Å². The van der Waals surface area contributed by atoms with E-state index in [0.29, 0.717) is 27.1 Å². The zero-order chi connectivity index (χ0) is 18.7. The Morgan fingerprint density at radius 1 is 1.33 bits per heavy atom. The number of thioether (sulfide) groups is 1. The van der Waals surface area contributed by atoms with Crippen LogP contribution in [0.3, 0.4) is 0 Å². The van der Waals surface area contributed by atoms with Gasteiger partial charge in [-0.1, -0.05) is 11.6 Å². The molecule has 2 aromatic rings. The van der Waals surface area contributed by atoms with Crippen LogP contribution in [-0.4, -0.2) is 27.0 Å². The molecule has 0 saturated heterocycles. The topological polar surface area (TPSA) is 99.1 Å². The van der Waals surface area contributed by atoms with Gasteiger partial charge in [-0.25, -0.2) is 0 Å². The molecule has 9 heteroatoms. The molecule has 0 radical (unpaired) electrons. The first-order valence-corrected chi connectivity index (χ1v) is 9.42. The molecule has 1 fully saturated rings. The van der Waals surface area contributed by atoms with Crippen molar-refractivity contribution in [1.82, 2.24) is 5.01 Å². The van der Waals surface area contributed by atoms with Crippen LogP contribution in [0.25, 0.3) is 17.0 Å². The van der Waals surface area contributed by atoms with E-state index < -0.39 is 5.91 Å². The second kappa shape index (κ2) is 5.90. The quantitative estimate of drug-likeness (QED) is 0.781. The molecule has 1 amide bonds. The van der Waals surface area contributed by atoms with Crippen LogP contribution in [0, 0.1) is 11.3 Å². The van der Waals surface area contributed by atoms with Crippen LogP contribution in [-0.2, 0) is 4.79 Å². The van der Waals surface area contributed by atoms with Gasteiger partial charge in [-0.15, -0.1) is 0 Å². The molecular weight excluding hydrogens is 388 g/mol. The molecular formula is C18H11ClN4O3S. The van der Waals surface area contributed by atoms with Gasteiger partial charge in [0, 0.05) is 10.9 Å². The summed E-state index contributed by atoms with van der Waals surface area (Å²) in [5.41, 5.74) is 0.203. The minimum absolute atomic E-state index is 0.00572. The van der Waals surface area contributed by atoms with Crippen molar-refractivity contribution in [1.29, 1.82) is 5.41 Å². The fourth-order valence-electron chi connectivity index (χ4n) is 2.88. The van der Waals surface area contributed by atoms with Crippen molar-refractivity contribution < 1.29 is 9.21 Å². The smallest absolute Gasteiger partial charge is 0.283 e. The number of fused-ring (bicyclic) bond motifs is 2. The number of nitrogens with one attached hydrogen (secondary N) is 1. The number of rotatable bonds is 2. The number of hydrogen-bond acceptors (Lipinski definition) is 6. The summed E-state index contributed by atoms with van der Waals surface area (Å²) in [6, 6.07) is 4.75. The maximum atomic E-state index is 12.7. The Bertz CT molecular complexity index is 1190. The zero-order valence-corrected chi connectivity index (χ0v) is 15.3. The van der Waals surface area contributed by atoms with Gasteiger partial charge in [0.2, 0.25) is 5.17 Å². The van der Waals surface area contributed by atoms with Crippen LogP contribution >= 0.6 is 23.4 Å². The van der Waals surface area contributed by atoms with Crippen molar-refractivity contribution in [2.75, 3.05) is 0 Å². The summed E-state index contributed by atoms with van der Waals surface area (Å²) in [7, 11) is 0. The number of amides is 1. The summed E-state index contributed by atoms with van der Waals surface area (Å²) in [5, 5.41) is 16.1. The highest BCUT2D eigenvalue weighted by atomic mass is 35.5. The van der Waals surface area contributed by atoms with Crippen LogP contribution in [0.2, 0.25) is 5.02 Å². The summed E-state index contributed by atoms with van der Waals surface area (Å²) in [4.78, 5) is 29.2. The van der Waals surface area contributed by atoms with E-state index in [9.17, 15) is 9.59 Å². The Hall–Kier alpha value is -2.71. The molecule has 5 rings (SSSR count). The lowest BCUT2D eigenvalue weighted by Crippen LogP contribution is -2.35. The van der Waals surface area contributed by atoms with Crippen molar-refractivity contribution in [3.63, 3.8) is 0 Å². The summed E-state index contributed by atoms with van der Waals surface area (Å²) < 4.78 is 5.47. The number of carbonyl (C=O) groups excluding carboxylic acids is 1. The molecule has 1 aromatic carbocycles. The normalized spacial score (nSPS) is 20.9. The molecule has 2 aliphatic heterocycles. The standard InChI is InChI=1S/C18H11ClN4O3S/c19-10-3-4-13-11(6-10)14(24)9(7-26-13)5-12-15(20)23-18(21-16(12)25)27-17(22-23)8-1-2-8/h3-8,20H,1-2H2. The maximum absolute atomic E-state index is 12.7. The molecule has 3 aliphatic rings. The van der Waals surface area contributed by atoms with Crippen molar-refractivity contribution in [3.05, 3.63) is 50.8 Å². The molecule has 1 aromatic heterocycles. The van der Waals surface area contributed by atoms with Gasteiger partial charge >= 0.3 is 0 Å². The largest absolute Gasteiger partial charge is 0.463 e. The number of halogens is 1. The zero-order valence-electron chi connectivity index (χ0n) is 13.7. The summed E-state index contributed by atoms with van der Waals surface area (Å²) in [6.45, 7) is 0. The van der Waals surface area contributed by atoms with E-state index in [2.05, 4.69) is 10.1 Å². The maximum Gasteiger partial charge on any atom is 0.283 e. The van der Waals surface area contributed by atoms with E-state index >= 15 is 0 Å². The van der Waals surface area contributed by atoms with Crippen LogP contribution in [0.15, 0.2) is 49.3 Å². The van der Waals surface area contributed by atoms with Gasteiger partial charge in [0.15, 0.2) is 11.3 Å². The third-order valence-electron chi connectivity index (χ3n) is 4.46. The lowest BCUT2D eigenvalue weighted by atomic mass is 10.1. The summed E-state index contributed by atoms with van der Waals surface area (Å²) in [6.07, 6.45) is 4.73. The first kappa shape index (κ1) is 16.5. The van der Waals surface area contributed by atoms with E-state index in [4.69, 9.17) is 21.4 Å². The molecule has 1 aliphatic carbocycles. The highest BCUT2D eigenvalue weighted by Crippen LogP contribution is 2.40. The second-order valence-electron chi connectivity index (χ2n) is 6.39. The van der Waals surface area contributed by atoms with E-state index in [1.54, 1.807) is 12.1 Å². The lowest BCUT2D eigenvalue weighted by Gasteiger charge is -2.20. The first-order valence-electron chi connectivity index (χ1n) is 8.22. The average molecular weight is 399 g/mol. The van der Waals surface area contributed by atoms with Crippen LogP contribution in [0.5, 0.6) is 0 Å². The van der Waals surface area contributed by atoms with Gasteiger partial charge in [-0.05, 0) is 48.9 Å². The molecule has 0 spiro atoms. The van der Waals surface area contributed by atoms with Gasteiger partial charge in [0.05, 0.1) is 16.5 Å². The predicted molar refractivity (Wildman–Crippen MR) is 105 cm³/mol. The third kappa shape index (κ3) is 2.72. The number of aliphatic imine (C=N–C) groups is 1. The van der Waals surface area contributed by atoms with E-state index in [1.165, 1.54) is 35.2 Å². The number of amidine groups is 2. The van der Waals surface area contributed by atoms with Gasteiger partial charge in [0.25, 0.3) is 5.91 Å².